The number of hydrogen-bond donors (Lipinski definition) is 1. The highest BCUT2D eigenvalue weighted by Gasteiger charge is 2.23. The minimum atomic E-state index is -0.378. The molecule has 6 heteroatoms. The van der Waals surface area contributed by atoms with Crippen LogP contribution in [-0.2, 0) is 6.42 Å². The SMILES string of the molecule is CCCc1cnc(C)nc1N1CCCC(CNC(=O)c2cc(C)cc(F)c2)C1. The molecular weight excluding hydrogens is 355 g/mol. The van der Waals surface area contributed by atoms with Crippen molar-refractivity contribution in [3.05, 3.63) is 52.7 Å². The normalized spacial score (nSPS) is 16.9. The van der Waals surface area contributed by atoms with Gasteiger partial charge in [0.15, 0.2) is 0 Å². The number of carbonyl (C=O) groups excluding carboxylic acids is 1. The Morgan fingerprint density at radius 1 is 1.32 bits per heavy atom. The summed E-state index contributed by atoms with van der Waals surface area (Å²) >= 11 is 0. The van der Waals surface area contributed by atoms with Crippen LogP contribution in [0.15, 0.2) is 24.4 Å². The number of hydrogen-bond acceptors (Lipinski definition) is 4. The lowest BCUT2D eigenvalue weighted by molar-refractivity contribution is 0.0945. The van der Waals surface area contributed by atoms with E-state index >= 15 is 0 Å². The first kappa shape index (κ1) is 20.2. The van der Waals surface area contributed by atoms with E-state index < -0.39 is 0 Å². The minimum absolute atomic E-state index is 0.218. The van der Waals surface area contributed by atoms with E-state index in [0.29, 0.717) is 18.0 Å². The number of halogens is 1. The van der Waals surface area contributed by atoms with Gasteiger partial charge in [-0.3, -0.25) is 4.79 Å². The van der Waals surface area contributed by atoms with Gasteiger partial charge in [0.25, 0.3) is 5.91 Å². The molecule has 150 valence electrons. The average molecular weight is 384 g/mol. The van der Waals surface area contributed by atoms with Gasteiger partial charge in [-0.15, -0.1) is 0 Å². The molecule has 5 nitrogen and oxygen atoms in total. The molecule has 1 N–H and O–H groups in total. The van der Waals surface area contributed by atoms with Crippen LogP contribution in [0.25, 0.3) is 0 Å². The van der Waals surface area contributed by atoms with E-state index in [4.69, 9.17) is 4.98 Å². The van der Waals surface area contributed by atoms with Crippen molar-refractivity contribution in [2.24, 2.45) is 5.92 Å². The molecule has 1 unspecified atom stereocenters. The molecule has 1 fully saturated rings. The summed E-state index contributed by atoms with van der Waals surface area (Å²) in [7, 11) is 0. The van der Waals surface area contributed by atoms with Gasteiger partial charge in [0.1, 0.15) is 17.5 Å². The number of carbonyl (C=O) groups is 1. The highest BCUT2D eigenvalue weighted by molar-refractivity contribution is 5.94. The summed E-state index contributed by atoms with van der Waals surface area (Å²) in [6.07, 6.45) is 6.09. The maximum Gasteiger partial charge on any atom is 0.251 e. The minimum Gasteiger partial charge on any atom is -0.356 e. The maximum atomic E-state index is 13.6. The molecule has 0 spiro atoms. The van der Waals surface area contributed by atoms with Crippen LogP contribution in [0, 0.1) is 25.6 Å². The van der Waals surface area contributed by atoms with Crippen LogP contribution in [0.3, 0.4) is 0 Å². The second-order valence-corrected chi connectivity index (χ2v) is 7.70. The Kier molecular flexibility index (Phi) is 6.60. The van der Waals surface area contributed by atoms with Gasteiger partial charge in [0.05, 0.1) is 0 Å². The second-order valence-electron chi connectivity index (χ2n) is 7.70. The van der Waals surface area contributed by atoms with Crippen LogP contribution in [0.4, 0.5) is 10.2 Å². The Morgan fingerprint density at radius 3 is 2.89 bits per heavy atom. The third kappa shape index (κ3) is 5.06. The van der Waals surface area contributed by atoms with Crippen LogP contribution in [0.2, 0.25) is 0 Å². The summed E-state index contributed by atoms with van der Waals surface area (Å²) in [5.41, 5.74) is 2.31. The Labute approximate surface area is 166 Å². The van der Waals surface area contributed by atoms with Gasteiger partial charge in [-0.1, -0.05) is 13.3 Å². The van der Waals surface area contributed by atoms with Gasteiger partial charge in [-0.2, -0.15) is 0 Å². The van der Waals surface area contributed by atoms with Gasteiger partial charge < -0.3 is 10.2 Å². The number of amides is 1. The summed E-state index contributed by atoms with van der Waals surface area (Å²) < 4.78 is 13.6. The van der Waals surface area contributed by atoms with Crippen molar-refractivity contribution in [1.82, 2.24) is 15.3 Å². The molecule has 1 atom stereocenters. The lowest BCUT2D eigenvalue weighted by atomic mass is 9.97. The zero-order valence-electron chi connectivity index (χ0n) is 17.0. The van der Waals surface area contributed by atoms with Crippen LogP contribution >= 0.6 is 0 Å². The smallest absolute Gasteiger partial charge is 0.251 e. The molecule has 1 aliphatic rings. The molecule has 2 aromatic rings. The highest BCUT2D eigenvalue weighted by Crippen LogP contribution is 2.25. The fourth-order valence-corrected chi connectivity index (χ4v) is 3.83. The second kappa shape index (κ2) is 9.13. The van der Waals surface area contributed by atoms with Crippen molar-refractivity contribution in [2.75, 3.05) is 24.5 Å². The summed E-state index contributed by atoms with van der Waals surface area (Å²) in [4.78, 5) is 23.8. The molecule has 1 aliphatic heterocycles. The van der Waals surface area contributed by atoms with E-state index in [1.807, 2.05) is 13.1 Å². The summed E-state index contributed by atoms with van der Waals surface area (Å²) in [5, 5.41) is 2.98. The highest BCUT2D eigenvalue weighted by atomic mass is 19.1. The van der Waals surface area contributed by atoms with Crippen LogP contribution in [0.5, 0.6) is 0 Å². The fraction of sp³-hybridized carbons (Fsp3) is 0.500. The van der Waals surface area contributed by atoms with Crippen molar-refractivity contribution in [3.63, 3.8) is 0 Å². The number of nitrogens with zero attached hydrogens (tertiary/aromatic N) is 3. The first-order valence-corrected chi connectivity index (χ1v) is 10.1. The zero-order valence-corrected chi connectivity index (χ0v) is 17.0. The van der Waals surface area contributed by atoms with E-state index in [1.54, 1.807) is 13.0 Å². The molecule has 0 saturated carbocycles. The van der Waals surface area contributed by atoms with Crippen LogP contribution < -0.4 is 10.2 Å². The van der Waals surface area contributed by atoms with Crippen LogP contribution in [-0.4, -0.2) is 35.5 Å². The molecule has 2 heterocycles. The molecule has 3 rings (SSSR count). The molecule has 1 amide bonds. The number of piperidine rings is 1. The molecule has 1 saturated heterocycles. The van der Waals surface area contributed by atoms with Crippen molar-refractivity contribution in [3.8, 4) is 0 Å². The third-order valence-corrected chi connectivity index (χ3v) is 5.16. The molecule has 28 heavy (non-hydrogen) atoms. The Balaban J connectivity index is 1.64. The van der Waals surface area contributed by atoms with E-state index in [0.717, 1.165) is 56.0 Å². The summed E-state index contributed by atoms with van der Waals surface area (Å²) in [6, 6.07) is 4.43. The molecular formula is C22H29FN4O. The maximum absolute atomic E-state index is 13.6. The predicted molar refractivity (Wildman–Crippen MR) is 109 cm³/mol. The van der Waals surface area contributed by atoms with Crippen molar-refractivity contribution < 1.29 is 9.18 Å². The standard InChI is InChI=1S/C22H29FN4O/c1-4-6-18-13-24-16(3)26-21(18)27-8-5-7-17(14-27)12-25-22(28)19-9-15(2)10-20(23)11-19/h9-11,13,17H,4-8,12,14H2,1-3H3,(H,25,28). The third-order valence-electron chi connectivity index (χ3n) is 5.16. The number of aryl methyl sites for hydroxylation is 3. The van der Waals surface area contributed by atoms with E-state index in [-0.39, 0.29) is 11.7 Å². The quantitative estimate of drug-likeness (QED) is 0.822. The first-order valence-electron chi connectivity index (χ1n) is 10.1. The largest absolute Gasteiger partial charge is 0.356 e. The number of rotatable bonds is 6. The fourth-order valence-electron chi connectivity index (χ4n) is 3.83. The Morgan fingerprint density at radius 2 is 2.14 bits per heavy atom. The molecule has 1 aromatic heterocycles. The Bertz CT molecular complexity index is 819. The zero-order chi connectivity index (χ0) is 20.1. The Hall–Kier alpha value is -2.50. The lowest BCUT2D eigenvalue weighted by Crippen LogP contribution is -2.41. The topological polar surface area (TPSA) is 58.1 Å². The van der Waals surface area contributed by atoms with Gasteiger partial charge in [-0.25, -0.2) is 14.4 Å². The van der Waals surface area contributed by atoms with Crippen LogP contribution in [0.1, 0.15) is 53.5 Å². The van der Waals surface area contributed by atoms with Gasteiger partial charge in [0, 0.05) is 37.0 Å². The average Bonchev–Trinajstić information content (AvgIpc) is 2.67. The number of benzene rings is 1. The number of aromatic nitrogens is 2. The molecule has 0 aliphatic carbocycles. The van der Waals surface area contributed by atoms with E-state index in [2.05, 4.69) is 22.1 Å². The van der Waals surface area contributed by atoms with Crippen molar-refractivity contribution >= 4 is 11.7 Å². The van der Waals surface area contributed by atoms with Crippen molar-refractivity contribution in [1.29, 1.82) is 0 Å². The monoisotopic (exact) mass is 384 g/mol. The molecule has 1 aromatic carbocycles. The van der Waals surface area contributed by atoms with Gasteiger partial charge in [-0.05, 0) is 62.8 Å². The number of nitrogens with one attached hydrogen (secondary N) is 1. The molecule has 0 bridgehead atoms. The summed E-state index contributed by atoms with van der Waals surface area (Å²) in [6.45, 7) is 8.28. The van der Waals surface area contributed by atoms with E-state index in [1.165, 1.54) is 17.7 Å². The lowest BCUT2D eigenvalue weighted by Gasteiger charge is -2.34. The van der Waals surface area contributed by atoms with Gasteiger partial charge in [0.2, 0.25) is 0 Å². The first-order chi connectivity index (χ1) is 13.5. The van der Waals surface area contributed by atoms with Crippen molar-refractivity contribution in [2.45, 2.75) is 46.5 Å². The predicted octanol–water partition coefficient (Wildman–Crippen LogP) is 3.83. The summed E-state index contributed by atoms with van der Waals surface area (Å²) in [5.74, 6) is 1.57. The molecule has 0 radical (unpaired) electrons. The van der Waals surface area contributed by atoms with E-state index in [9.17, 15) is 9.18 Å². The number of anilines is 1. The van der Waals surface area contributed by atoms with Gasteiger partial charge >= 0.3 is 0 Å².